The molecule has 0 bridgehead atoms. The molecule has 1 amide bonds. The SMILES string of the molecule is Cc1ccc(N2C(=NC(=O)CCl)S[C@H]3CS(=O)(=O)C[C@H]32)cc1. The molecule has 2 atom stereocenters. The Bertz CT molecular complexity index is 731. The highest BCUT2D eigenvalue weighted by atomic mass is 35.5. The van der Waals surface area contributed by atoms with Crippen molar-refractivity contribution in [2.75, 3.05) is 22.3 Å². The van der Waals surface area contributed by atoms with E-state index in [-0.39, 0.29) is 28.7 Å². The van der Waals surface area contributed by atoms with Crippen LogP contribution in [0.25, 0.3) is 0 Å². The van der Waals surface area contributed by atoms with Crippen molar-refractivity contribution in [1.82, 2.24) is 0 Å². The Balaban J connectivity index is 2.01. The van der Waals surface area contributed by atoms with Gasteiger partial charge in [0.25, 0.3) is 5.91 Å². The predicted molar refractivity (Wildman–Crippen MR) is 90.6 cm³/mol. The number of sulfone groups is 1. The summed E-state index contributed by atoms with van der Waals surface area (Å²) in [6.07, 6.45) is 0. The Labute approximate surface area is 138 Å². The van der Waals surface area contributed by atoms with Gasteiger partial charge in [0, 0.05) is 10.9 Å². The van der Waals surface area contributed by atoms with E-state index in [0.717, 1.165) is 11.3 Å². The Morgan fingerprint density at radius 1 is 1.36 bits per heavy atom. The third-order valence-electron chi connectivity index (χ3n) is 3.71. The molecule has 2 aliphatic rings. The molecule has 0 aromatic heterocycles. The Hall–Kier alpha value is -1.05. The smallest absolute Gasteiger partial charge is 0.262 e. The van der Waals surface area contributed by atoms with Crippen LogP contribution in [0, 0.1) is 6.92 Å². The summed E-state index contributed by atoms with van der Waals surface area (Å²) >= 11 is 6.88. The summed E-state index contributed by atoms with van der Waals surface area (Å²) in [5.41, 5.74) is 1.96. The zero-order valence-corrected chi connectivity index (χ0v) is 14.3. The van der Waals surface area contributed by atoms with Crippen LogP contribution in [-0.4, -0.2) is 48.2 Å². The number of alkyl halides is 1. The van der Waals surface area contributed by atoms with Gasteiger partial charge < -0.3 is 4.90 Å². The molecule has 0 spiro atoms. The topological polar surface area (TPSA) is 66.8 Å². The van der Waals surface area contributed by atoms with Crippen LogP contribution >= 0.6 is 23.4 Å². The van der Waals surface area contributed by atoms with Gasteiger partial charge in [0.2, 0.25) is 0 Å². The van der Waals surface area contributed by atoms with Gasteiger partial charge in [0.1, 0.15) is 5.88 Å². The second-order valence-corrected chi connectivity index (χ2v) is 9.06. The molecule has 0 saturated carbocycles. The number of hydrogen-bond acceptors (Lipinski definition) is 4. The number of aryl methyl sites for hydroxylation is 1. The second-order valence-electron chi connectivity index (χ2n) is 5.43. The molecule has 0 radical (unpaired) electrons. The first-order valence-electron chi connectivity index (χ1n) is 6.80. The van der Waals surface area contributed by atoms with E-state index < -0.39 is 15.7 Å². The number of carbonyl (C=O) groups is 1. The molecular formula is C14H15ClN2O3S2. The molecule has 5 nitrogen and oxygen atoms in total. The summed E-state index contributed by atoms with van der Waals surface area (Å²) in [5, 5.41) is 0.451. The first-order chi connectivity index (χ1) is 10.4. The van der Waals surface area contributed by atoms with Crippen LogP contribution in [0.1, 0.15) is 5.56 Å². The molecule has 2 fully saturated rings. The van der Waals surface area contributed by atoms with Crippen molar-refractivity contribution in [3.8, 4) is 0 Å². The Morgan fingerprint density at radius 3 is 2.68 bits per heavy atom. The van der Waals surface area contributed by atoms with Gasteiger partial charge in [-0.1, -0.05) is 29.5 Å². The number of thioether (sulfide) groups is 1. The van der Waals surface area contributed by atoms with Gasteiger partial charge >= 0.3 is 0 Å². The third-order valence-corrected chi connectivity index (χ3v) is 7.15. The average Bonchev–Trinajstić information content (AvgIpc) is 2.91. The summed E-state index contributed by atoms with van der Waals surface area (Å²) in [6, 6.07) is 7.57. The van der Waals surface area contributed by atoms with Crippen molar-refractivity contribution in [3.63, 3.8) is 0 Å². The maximum atomic E-state index is 11.9. The fraction of sp³-hybridized carbons (Fsp3) is 0.429. The Kier molecular flexibility index (Phi) is 4.22. The number of carbonyl (C=O) groups excluding carboxylic acids is 1. The normalized spacial score (nSPS) is 28.1. The van der Waals surface area contributed by atoms with Crippen LogP contribution in [0.5, 0.6) is 0 Å². The van der Waals surface area contributed by atoms with E-state index in [1.54, 1.807) is 0 Å². The molecular weight excluding hydrogens is 344 g/mol. The molecule has 0 unspecified atom stereocenters. The number of halogens is 1. The average molecular weight is 359 g/mol. The van der Waals surface area contributed by atoms with Crippen LogP contribution in [0.3, 0.4) is 0 Å². The zero-order chi connectivity index (χ0) is 15.9. The van der Waals surface area contributed by atoms with Crippen LogP contribution < -0.4 is 4.90 Å². The van der Waals surface area contributed by atoms with Gasteiger partial charge in [0.05, 0.1) is 17.5 Å². The number of benzene rings is 1. The monoisotopic (exact) mass is 358 g/mol. The van der Waals surface area contributed by atoms with E-state index in [9.17, 15) is 13.2 Å². The number of amides is 1. The largest absolute Gasteiger partial charge is 0.316 e. The van der Waals surface area contributed by atoms with Crippen LogP contribution in [0.15, 0.2) is 29.3 Å². The van der Waals surface area contributed by atoms with Gasteiger partial charge in [-0.15, -0.1) is 11.6 Å². The molecule has 1 aromatic rings. The highest BCUT2D eigenvalue weighted by Gasteiger charge is 2.49. The van der Waals surface area contributed by atoms with Gasteiger partial charge in [0.15, 0.2) is 15.0 Å². The lowest BCUT2D eigenvalue weighted by atomic mass is 10.1. The van der Waals surface area contributed by atoms with E-state index in [2.05, 4.69) is 4.99 Å². The molecule has 118 valence electrons. The maximum absolute atomic E-state index is 11.9. The zero-order valence-electron chi connectivity index (χ0n) is 11.9. The van der Waals surface area contributed by atoms with E-state index in [0.29, 0.717) is 5.17 Å². The molecule has 2 heterocycles. The lowest BCUT2D eigenvalue weighted by Crippen LogP contribution is -2.37. The van der Waals surface area contributed by atoms with Crippen LogP contribution in [0.4, 0.5) is 5.69 Å². The van der Waals surface area contributed by atoms with Crippen LogP contribution in [0.2, 0.25) is 0 Å². The summed E-state index contributed by atoms with van der Waals surface area (Å²) in [5.74, 6) is -0.380. The van der Waals surface area contributed by atoms with Crippen molar-refractivity contribution in [2.45, 2.75) is 18.2 Å². The predicted octanol–water partition coefficient (Wildman–Crippen LogP) is 1.84. The fourth-order valence-corrected chi connectivity index (χ4v) is 6.70. The highest BCUT2D eigenvalue weighted by molar-refractivity contribution is 8.16. The molecule has 2 aliphatic heterocycles. The number of rotatable bonds is 2. The second kappa shape index (κ2) is 5.86. The maximum Gasteiger partial charge on any atom is 0.262 e. The minimum Gasteiger partial charge on any atom is -0.316 e. The quantitative estimate of drug-likeness (QED) is 0.754. The molecule has 3 rings (SSSR count). The van der Waals surface area contributed by atoms with Crippen molar-refractivity contribution in [2.24, 2.45) is 4.99 Å². The summed E-state index contributed by atoms with van der Waals surface area (Å²) in [6.45, 7) is 1.98. The third kappa shape index (κ3) is 3.02. The number of nitrogens with zero attached hydrogens (tertiary/aromatic N) is 2. The van der Waals surface area contributed by atoms with Gasteiger partial charge in [-0.25, -0.2) is 8.42 Å². The van der Waals surface area contributed by atoms with E-state index in [1.807, 2.05) is 36.1 Å². The van der Waals surface area contributed by atoms with Gasteiger partial charge in [-0.2, -0.15) is 4.99 Å². The molecule has 0 N–H and O–H groups in total. The van der Waals surface area contributed by atoms with Gasteiger partial charge in [-0.3, -0.25) is 4.79 Å². The molecule has 0 aliphatic carbocycles. The van der Waals surface area contributed by atoms with Crippen LogP contribution in [-0.2, 0) is 14.6 Å². The van der Waals surface area contributed by atoms with Crippen molar-refractivity contribution >= 4 is 50.0 Å². The van der Waals surface area contributed by atoms with E-state index in [1.165, 1.54) is 11.8 Å². The van der Waals surface area contributed by atoms with Crippen molar-refractivity contribution in [3.05, 3.63) is 29.8 Å². The standard InChI is InChI=1S/C14H15ClN2O3S2/c1-9-2-4-10(5-3-9)17-11-7-22(19,20)8-12(11)21-14(17)16-13(18)6-15/h2-5,11-12H,6-8H2,1H3/t11-,12+/m1/s1. The minimum absolute atomic E-state index is 0.0896. The summed E-state index contributed by atoms with van der Waals surface area (Å²) in [7, 11) is -3.04. The first-order valence-corrected chi connectivity index (χ1v) is 10.0. The number of hydrogen-bond donors (Lipinski definition) is 0. The molecule has 2 saturated heterocycles. The lowest BCUT2D eigenvalue weighted by molar-refractivity contribution is -0.115. The van der Waals surface area contributed by atoms with Crippen molar-refractivity contribution in [1.29, 1.82) is 0 Å². The highest BCUT2D eigenvalue weighted by Crippen LogP contribution is 2.40. The number of amidine groups is 1. The lowest BCUT2D eigenvalue weighted by Gasteiger charge is -2.24. The van der Waals surface area contributed by atoms with E-state index in [4.69, 9.17) is 11.6 Å². The Morgan fingerprint density at radius 2 is 2.05 bits per heavy atom. The number of fused-ring (bicyclic) bond motifs is 1. The number of anilines is 1. The molecule has 8 heteroatoms. The van der Waals surface area contributed by atoms with Crippen molar-refractivity contribution < 1.29 is 13.2 Å². The number of aliphatic imine (C=N–C) groups is 1. The minimum atomic E-state index is -3.04. The fourth-order valence-electron chi connectivity index (χ4n) is 2.71. The van der Waals surface area contributed by atoms with Gasteiger partial charge in [-0.05, 0) is 19.1 Å². The molecule has 22 heavy (non-hydrogen) atoms. The molecule has 1 aromatic carbocycles. The van der Waals surface area contributed by atoms with E-state index >= 15 is 0 Å². The summed E-state index contributed by atoms with van der Waals surface area (Å²) < 4.78 is 23.8. The first kappa shape index (κ1) is 15.8. The summed E-state index contributed by atoms with van der Waals surface area (Å²) in [4.78, 5) is 17.5.